The smallest absolute Gasteiger partial charge is 0.325 e. The van der Waals surface area contributed by atoms with Crippen molar-refractivity contribution < 1.29 is 14.7 Å². The Morgan fingerprint density at radius 1 is 1.31 bits per heavy atom. The molecule has 0 saturated carbocycles. The van der Waals surface area contributed by atoms with Gasteiger partial charge in [-0.2, -0.15) is 0 Å². The SMILES string of the molecule is CC1CCCC(C)N1C(=O)N[C@H](C)C(=O)O. The fourth-order valence-electron chi connectivity index (χ4n) is 2.14. The molecule has 2 amide bonds. The lowest BCUT2D eigenvalue weighted by Gasteiger charge is -2.39. The van der Waals surface area contributed by atoms with Crippen LogP contribution in [0.15, 0.2) is 0 Å². The highest BCUT2D eigenvalue weighted by atomic mass is 16.4. The molecule has 1 heterocycles. The molecule has 0 aliphatic carbocycles. The number of likely N-dealkylation sites (tertiary alicyclic amines) is 1. The first kappa shape index (κ1) is 12.8. The molecule has 0 bridgehead atoms. The molecule has 2 unspecified atom stereocenters. The van der Waals surface area contributed by atoms with E-state index in [0.717, 1.165) is 19.3 Å². The van der Waals surface area contributed by atoms with Crippen molar-refractivity contribution in [3.63, 3.8) is 0 Å². The van der Waals surface area contributed by atoms with E-state index in [1.165, 1.54) is 6.92 Å². The Bertz CT molecular complexity index is 270. The third-order valence-electron chi connectivity index (χ3n) is 3.14. The Morgan fingerprint density at radius 3 is 2.25 bits per heavy atom. The van der Waals surface area contributed by atoms with Gasteiger partial charge in [0.2, 0.25) is 0 Å². The van der Waals surface area contributed by atoms with Crippen LogP contribution in [0.5, 0.6) is 0 Å². The molecule has 5 heteroatoms. The maximum Gasteiger partial charge on any atom is 0.325 e. The Morgan fingerprint density at radius 2 is 1.81 bits per heavy atom. The van der Waals surface area contributed by atoms with Gasteiger partial charge in [0.1, 0.15) is 6.04 Å². The van der Waals surface area contributed by atoms with Crippen molar-refractivity contribution >= 4 is 12.0 Å². The van der Waals surface area contributed by atoms with E-state index in [0.29, 0.717) is 0 Å². The molecule has 16 heavy (non-hydrogen) atoms. The summed E-state index contributed by atoms with van der Waals surface area (Å²) in [6, 6.07) is -0.738. The molecular formula is C11H20N2O3. The monoisotopic (exact) mass is 228 g/mol. The van der Waals surface area contributed by atoms with E-state index in [9.17, 15) is 9.59 Å². The average molecular weight is 228 g/mol. The Labute approximate surface area is 95.8 Å². The molecule has 0 radical (unpaired) electrons. The van der Waals surface area contributed by atoms with Crippen molar-refractivity contribution in [3.05, 3.63) is 0 Å². The minimum absolute atomic E-state index is 0.185. The number of rotatable bonds is 2. The van der Waals surface area contributed by atoms with Crippen molar-refractivity contribution in [3.8, 4) is 0 Å². The first-order valence-electron chi connectivity index (χ1n) is 5.75. The highest BCUT2D eigenvalue weighted by Crippen LogP contribution is 2.22. The van der Waals surface area contributed by atoms with Gasteiger partial charge in [0.15, 0.2) is 0 Å². The fraction of sp³-hybridized carbons (Fsp3) is 0.818. The summed E-state index contributed by atoms with van der Waals surface area (Å²) >= 11 is 0. The number of carboxylic acid groups (broad SMARTS) is 1. The van der Waals surface area contributed by atoms with Crippen LogP contribution in [0, 0.1) is 0 Å². The predicted octanol–water partition coefficient (Wildman–Crippen LogP) is 1.43. The number of nitrogens with one attached hydrogen (secondary N) is 1. The summed E-state index contributed by atoms with van der Waals surface area (Å²) < 4.78 is 0. The van der Waals surface area contributed by atoms with E-state index >= 15 is 0 Å². The Balaban J connectivity index is 2.60. The van der Waals surface area contributed by atoms with Crippen molar-refractivity contribution in [1.29, 1.82) is 0 Å². The van der Waals surface area contributed by atoms with Gasteiger partial charge in [0.05, 0.1) is 0 Å². The highest BCUT2D eigenvalue weighted by Gasteiger charge is 2.30. The molecule has 1 rings (SSSR count). The van der Waals surface area contributed by atoms with Crippen LogP contribution in [0.3, 0.4) is 0 Å². The number of piperidine rings is 1. The van der Waals surface area contributed by atoms with Crippen LogP contribution in [0.25, 0.3) is 0 Å². The van der Waals surface area contributed by atoms with Gasteiger partial charge in [-0.3, -0.25) is 4.79 Å². The molecule has 2 N–H and O–H groups in total. The number of hydrogen-bond donors (Lipinski definition) is 2. The van der Waals surface area contributed by atoms with Gasteiger partial charge in [0, 0.05) is 12.1 Å². The van der Waals surface area contributed by atoms with E-state index in [1.54, 1.807) is 4.90 Å². The summed E-state index contributed by atoms with van der Waals surface area (Å²) in [5.74, 6) is -1.01. The second-order valence-electron chi connectivity index (χ2n) is 4.55. The molecule has 92 valence electrons. The zero-order chi connectivity index (χ0) is 12.3. The summed E-state index contributed by atoms with van der Waals surface area (Å²) in [4.78, 5) is 24.3. The second kappa shape index (κ2) is 5.18. The number of nitrogens with zero attached hydrogens (tertiary/aromatic N) is 1. The molecule has 3 atom stereocenters. The van der Waals surface area contributed by atoms with E-state index < -0.39 is 12.0 Å². The predicted molar refractivity (Wildman–Crippen MR) is 60.2 cm³/mol. The summed E-state index contributed by atoms with van der Waals surface area (Å²) in [5, 5.41) is 11.2. The van der Waals surface area contributed by atoms with Crippen molar-refractivity contribution in [2.24, 2.45) is 0 Å². The van der Waals surface area contributed by atoms with Gasteiger partial charge < -0.3 is 15.3 Å². The molecule has 0 spiro atoms. The van der Waals surface area contributed by atoms with Crippen LogP contribution in [-0.4, -0.2) is 40.1 Å². The van der Waals surface area contributed by atoms with Gasteiger partial charge in [-0.25, -0.2) is 4.79 Å². The molecule has 0 aromatic heterocycles. The standard InChI is InChI=1S/C11H20N2O3/c1-7-5-4-6-8(2)13(7)11(16)12-9(3)10(14)15/h7-9H,4-6H2,1-3H3,(H,12,16)(H,14,15)/t7?,8?,9-/m1/s1. The van der Waals surface area contributed by atoms with Gasteiger partial charge in [-0.05, 0) is 40.0 Å². The molecule has 5 nitrogen and oxygen atoms in total. The maximum absolute atomic E-state index is 11.9. The third-order valence-corrected chi connectivity index (χ3v) is 3.14. The van der Waals surface area contributed by atoms with Crippen molar-refractivity contribution in [2.75, 3.05) is 0 Å². The molecule has 0 aromatic carbocycles. The lowest BCUT2D eigenvalue weighted by atomic mass is 9.98. The first-order chi connectivity index (χ1) is 7.43. The quantitative estimate of drug-likeness (QED) is 0.751. The van der Waals surface area contributed by atoms with Crippen LogP contribution in [-0.2, 0) is 4.79 Å². The summed E-state index contributed by atoms with van der Waals surface area (Å²) in [6.45, 7) is 5.47. The number of aliphatic carboxylic acids is 1. The minimum atomic E-state index is -1.01. The number of amides is 2. The Kier molecular flexibility index (Phi) is 4.15. The van der Waals surface area contributed by atoms with Crippen LogP contribution < -0.4 is 5.32 Å². The Hall–Kier alpha value is -1.26. The number of carbonyl (C=O) groups excluding carboxylic acids is 1. The molecule has 1 aliphatic heterocycles. The summed E-state index contributed by atoms with van der Waals surface area (Å²) in [5.41, 5.74) is 0. The summed E-state index contributed by atoms with van der Waals surface area (Å²) in [7, 11) is 0. The molecule has 0 aromatic rings. The molecule has 1 aliphatic rings. The van der Waals surface area contributed by atoms with Crippen molar-refractivity contribution in [2.45, 2.75) is 58.2 Å². The van der Waals surface area contributed by atoms with E-state index in [2.05, 4.69) is 5.32 Å². The van der Waals surface area contributed by atoms with E-state index in [1.807, 2.05) is 13.8 Å². The van der Waals surface area contributed by atoms with Gasteiger partial charge in [-0.1, -0.05) is 0 Å². The van der Waals surface area contributed by atoms with Crippen LogP contribution in [0.2, 0.25) is 0 Å². The maximum atomic E-state index is 11.9. The van der Waals surface area contributed by atoms with Gasteiger partial charge in [-0.15, -0.1) is 0 Å². The van der Waals surface area contributed by atoms with Gasteiger partial charge >= 0.3 is 12.0 Å². The molecule has 1 fully saturated rings. The number of carboxylic acids is 1. The number of carbonyl (C=O) groups is 2. The first-order valence-corrected chi connectivity index (χ1v) is 5.75. The van der Waals surface area contributed by atoms with E-state index in [-0.39, 0.29) is 18.1 Å². The minimum Gasteiger partial charge on any atom is -0.480 e. The fourth-order valence-corrected chi connectivity index (χ4v) is 2.14. The number of urea groups is 1. The molecular weight excluding hydrogens is 208 g/mol. The van der Waals surface area contributed by atoms with Crippen LogP contribution in [0.4, 0.5) is 4.79 Å². The van der Waals surface area contributed by atoms with Gasteiger partial charge in [0.25, 0.3) is 0 Å². The normalized spacial score (nSPS) is 27.3. The topological polar surface area (TPSA) is 69.6 Å². The molecule has 1 saturated heterocycles. The lowest BCUT2D eigenvalue weighted by Crippen LogP contribution is -2.54. The highest BCUT2D eigenvalue weighted by molar-refractivity contribution is 5.82. The van der Waals surface area contributed by atoms with Crippen molar-refractivity contribution in [1.82, 2.24) is 10.2 Å². The summed E-state index contributed by atoms with van der Waals surface area (Å²) in [6.07, 6.45) is 3.10. The largest absolute Gasteiger partial charge is 0.480 e. The third kappa shape index (κ3) is 2.87. The lowest BCUT2D eigenvalue weighted by molar-refractivity contribution is -0.138. The second-order valence-corrected chi connectivity index (χ2v) is 4.55. The van der Waals surface area contributed by atoms with Crippen LogP contribution in [0.1, 0.15) is 40.0 Å². The van der Waals surface area contributed by atoms with E-state index in [4.69, 9.17) is 5.11 Å². The average Bonchev–Trinajstić information content (AvgIpc) is 2.16. The zero-order valence-corrected chi connectivity index (χ0v) is 10.1. The number of hydrogen-bond acceptors (Lipinski definition) is 2. The van der Waals surface area contributed by atoms with Crippen LogP contribution >= 0.6 is 0 Å². The zero-order valence-electron chi connectivity index (χ0n) is 10.1.